The predicted octanol–water partition coefficient (Wildman–Crippen LogP) is 4.07. The van der Waals surface area contributed by atoms with Gasteiger partial charge in [0.15, 0.2) is 11.5 Å². The summed E-state index contributed by atoms with van der Waals surface area (Å²) in [5.41, 5.74) is 2.01. The number of carbonyl (C=O) groups is 1. The average Bonchev–Trinajstić information content (AvgIpc) is 3.54. The third-order valence-corrected chi connectivity index (χ3v) is 7.66. The van der Waals surface area contributed by atoms with Crippen molar-refractivity contribution in [2.75, 3.05) is 16.8 Å². The molecule has 172 valence electrons. The van der Waals surface area contributed by atoms with Crippen molar-refractivity contribution < 1.29 is 27.4 Å². The summed E-state index contributed by atoms with van der Waals surface area (Å²) in [6.07, 6.45) is -0.881. The molecule has 11 nitrogen and oxygen atoms in total. The minimum Gasteiger partial charge on any atom is -0.454 e. The molecule has 1 amide bonds. The van der Waals surface area contributed by atoms with E-state index in [9.17, 15) is 18.5 Å². The molecular formula is C20H13N5O6S3. The van der Waals surface area contributed by atoms with E-state index in [4.69, 9.17) is 14.2 Å². The molecule has 34 heavy (non-hydrogen) atoms. The summed E-state index contributed by atoms with van der Waals surface area (Å²) in [6, 6.07) is 9.56. The van der Waals surface area contributed by atoms with E-state index in [-0.39, 0.29) is 28.0 Å². The number of benzene rings is 2. The number of hydrogen-bond acceptors (Lipinski definition) is 11. The largest absolute Gasteiger partial charge is 0.454 e. The van der Waals surface area contributed by atoms with Crippen molar-refractivity contribution in [3.05, 3.63) is 46.8 Å². The highest BCUT2D eigenvalue weighted by Gasteiger charge is 2.25. The number of nitriles is 1. The van der Waals surface area contributed by atoms with Crippen LogP contribution in [0.2, 0.25) is 0 Å². The first kappa shape index (κ1) is 21.9. The third kappa shape index (κ3) is 3.96. The summed E-state index contributed by atoms with van der Waals surface area (Å²) in [4.78, 5) is 12.3. The highest BCUT2D eigenvalue weighted by atomic mass is 32.2. The molecule has 0 saturated heterocycles. The Morgan fingerprint density at radius 1 is 1.18 bits per heavy atom. The zero-order chi connectivity index (χ0) is 23.9. The van der Waals surface area contributed by atoms with Crippen LogP contribution in [0.5, 0.6) is 16.6 Å². The molecule has 0 aliphatic carbocycles. The maximum Gasteiger partial charge on any atom is 0.417 e. The summed E-state index contributed by atoms with van der Waals surface area (Å²) in [6.45, 7) is 1.86. The van der Waals surface area contributed by atoms with Gasteiger partial charge in [-0.05, 0) is 42.1 Å². The van der Waals surface area contributed by atoms with Crippen molar-refractivity contribution in [3.63, 3.8) is 0 Å². The summed E-state index contributed by atoms with van der Waals surface area (Å²) >= 11 is 1.85. The van der Waals surface area contributed by atoms with Crippen LogP contribution in [-0.4, -0.2) is 30.1 Å². The number of carbonyl (C=O) groups excluding carboxylic acids is 1. The molecule has 0 fully saturated rings. The molecule has 0 spiro atoms. The molecule has 1 aliphatic rings. The molecule has 2 aromatic heterocycles. The highest BCUT2D eigenvalue weighted by molar-refractivity contribution is 7.93. The van der Waals surface area contributed by atoms with Gasteiger partial charge in [-0.15, -0.1) is 11.3 Å². The molecule has 0 atom stereocenters. The number of anilines is 2. The van der Waals surface area contributed by atoms with Crippen LogP contribution in [0.3, 0.4) is 0 Å². The van der Waals surface area contributed by atoms with Gasteiger partial charge in [-0.1, -0.05) is 0 Å². The van der Waals surface area contributed by atoms with Crippen LogP contribution >= 0.6 is 23.1 Å². The molecule has 14 heteroatoms. The van der Waals surface area contributed by atoms with Crippen LogP contribution in [0.15, 0.2) is 40.6 Å². The van der Waals surface area contributed by atoms with Gasteiger partial charge in [-0.25, -0.2) is 13.2 Å². The quantitative estimate of drug-likeness (QED) is 0.400. The van der Waals surface area contributed by atoms with Gasteiger partial charge in [0.25, 0.3) is 10.0 Å². The maximum atomic E-state index is 13.1. The van der Waals surface area contributed by atoms with Crippen LogP contribution < -0.4 is 24.2 Å². The Bertz CT molecular complexity index is 1590. The van der Waals surface area contributed by atoms with Gasteiger partial charge < -0.3 is 14.2 Å². The second-order valence-corrected chi connectivity index (χ2v) is 10.0. The summed E-state index contributed by atoms with van der Waals surface area (Å²) < 4.78 is 52.5. The van der Waals surface area contributed by atoms with Crippen LogP contribution in [0.1, 0.15) is 11.1 Å². The standard InChI is InChI=1S/C20H13N5O6S3/c1-10-6-15-16(30-9-29-15)7-14(10)22-20(26)31-19-17(4-5-32-19)34(27,28)25-12-2-3-13-18(11(12)8-21)24-33-23-13/h2-7,25H,9H2,1H3,(H,22,26). The maximum absolute atomic E-state index is 13.1. The number of thiophene rings is 1. The summed E-state index contributed by atoms with van der Waals surface area (Å²) in [7, 11) is -4.20. The first-order chi connectivity index (χ1) is 16.4. The van der Waals surface area contributed by atoms with E-state index >= 15 is 0 Å². The lowest BCUT2D eigenvalue weighted by Gasteiger charge is -2.12. The first-order valence-electron chi connectivity index (χ1n) is 9.50. The van der Waals surface area contributed by atoms with Crippen LogP contribution in [0.4, 0.5) is 16.2 Å². The van der Waals surface area contributed by atoms with Crippen molar-refractivity contribution >= 4 is 61.6 Å². The van der Waals surface area contributed by atoms with Gasteiger partial charge in [0.1, 0.15) is 27.6 Å². The highest BCUT2D eigenvalue weighted by Crippen LogP contribution is 2.37. The van der Waals surface area contributed by atoms with E-state index in [2.05, 4.69) is 18.8 Å². The molecule has 2 N–H and O–H groups in total. The van der Waals surface area contributed by atoms with Gasteiger partial charge in [-0.3, -0.25) is 10.0 Å². The number of nitrogens with zero attached hydrogens (tertiary/aromatic N) is 3. The fourth-order valence-corrected chi connectivity index (χ4v) is 6.02. The molecule has 3 heterocycles. The molecule has 0 radical (unpaired) electrons. The lowest BCUT2D eigenvalue weighted by molar-refractivity contribution is 0.174. The van der Waals surface area contributed by atoms with Gasteiger partial charge in [0.2, 0.25) is 11.9 Å². The number of hydrogen-bond donors (Lipinski definition) is 2. The van der Waals surface area contributed by atoms with E-state index in [0.29, 0.717) is 33.8 Å². The van der Waals surface area contributed by atoms with Crippen molar-refractivity contribution in [1.29, 1.82) is 5.26 Å². The third-order valence-electron chi connectivity index (χ3n) is 4.81. The predicted molar refractivity (Wildman–Crippen MR) is 124 cm³/mol. The molecule has 2 aromatic carbocycles. The van der Waals surface area contributed by atoms with Gasteiger partial charge in [0.05, 0.1) is 23.1 Å². The van der Waals surface area contributed by atoms with Crippen molar-refractivity contribution in [3.8, 4) is 22.6 Å². The molecule has 0 saturated carbocycles. The molecule has 4 aromatic rings. The topological polar surface area (TPSA) is 153 Å². The zero-order valence-corrected chi connectivity index (χ0v) is 19.6. The van der Waals surface area contributed by atoms with E-state index in [1.165, 1.54) is 17.5 Å². The molecule has 0 bridgehead atoms. The SMILES string of the molecule is Cc1cc2c(cc1NC(=O)Oc1sccc1S(=O)(=O)Nc1ccc3nsnc3c1C#N)OCO2. The Morgan fingerprint density at radius 3 is 2.76 bits per heavy atom. The Morgan fingerprint density at radius 2 is 1.97 bits per heavy atom. The second-order valence-electron chi connectivity index (χ2n) is 6.94. The smallest absolute Gasteiger partial charge is 0.417 e. The average molecular weight is 516 g/mol. The monoisotopic (exact) mass is 515 g/mol. The van der Waals surface area contributed by atoms with Gasteiger partial charge in [0, 0.05) is 6.07 Å². The molecule has 1 aliphatic heterocycles. The number of rotatable bonds is 5. The second kappa shape index (κ2) is 8.45. The number of nitrogens with one attached hydrogen (secondary N) is 2. The summed E-state index contributed by atoms with van der Waals surface area (Å²) in [5, 5.41) is 13.4. The van der Waals surface area contributed by atoms with Crippen LogP contribution in [0.25, 0.3) is 11.0 Å². The van der Waals surface area contributed by atoms with E-state index in [0.717, 1.165) is 23.1 Å². The number of amides is 1. The van der Waals surface area contributed by atoms with Crippen molar-refractivity contribution in [1.82, 2.24) is 8.75 Å². The fraction of sp³-hybridized carbons (Fsp3) is 0.100. The Kier molecular flexibility index (Phi) is 5.44. The van der Waals surface area contributed by atoms with Crippen molar-refractivity contribution in [2.45, 2.75) is 11.8 Å². The number of aryl methyl sites for hydroxylation is 1. The van der Waals surface area contributed by atoms with E-state index in [1.807, 2.05) is 6.07 Å². The van der Waals surface area contributed by atoms with Crippen LogP contribution in [-0.2, 0) is 10.0 Å². The molecule has 5 rings (SSSR count). The lowest BCUT2D eigenvalue weighted by Crippen LogP contribution is -2.19. The van der Waals surface area contributed by atoms with Gasteiger partial charge in [-0.2, -0.15) is 14.0 Å². The van der Waals surface area contributed by atoms with E-state index < -0.39 is 16.1 Å². The minimum absolute atomic E-state index is 0.0419. The fourth-order valence-electron chi connectivity index (χ4n) is 3.20. The Labute approximate surface area is 200 Å². The zero-order valence-electron chi connectivity index (χ0n) is 17.2. The number of ether oxygens (including phenoxy) is 3. The molecule has 0 unspecified atom stereocenters. The van der Waals surface area contributed by atoms with E-state index in [1.54, 1.807) is 25.1 Å². The molecular weight excluding hydrogens is 502 g/mol. The normalized spacial score (nSPS) is 12.4. The van der Waals surface area contributed by atoms with Crippen LogP contribution in [0, 0.1) is 18.3 Å². The number of aromatic nitrogens is 2. The number of fused-ring (bicyclic) bond motifs is 2. The van der Waals surface area contributed by atoms with Crippen molar-refractivity contribution in [2.24, 2.45) is 0 Å². The Balaban J connectivity index is 1.37. The summed E-state index contributed by atoms with van der Waals surface area (Å²) in [5.74, 6) is 1.04. The van der Waals surface area contributed by atoms with Gasteiger partial charge >= 0.3 is 6.09 Å². The number of sulfonamides is 1. The lowest BCUT2D eigenvalue weighted by atomic mass is 10.1. The minimum atomic E-state index is -4.20. The Hall–Kier alpha value is -3.93. The first-order valence-corrected chi connectivity index (χ1v) is 12.6.